The number of aryl methyl sites for hydroxylation is 3. The Morgan fingerprint density at radius 1 is 0.340 bits per heavy atom. The Kier molecular flexibility index (Phi) is 9.81. The maximum Gasteiger partial charge on any atom is -0.00267 e. The molecule has 0 aromatic heterocycles. The molecular formula is C50H42. The van der Waals surface area contributed by atoms with Gasteiger partial charge in [0.25, 0.3) is 0 Å². The third-order valence-corrected chi connectivity index (χ3v) is 9.49. The molecule has 0 heterocycles. The third-order valence-electron chi connectivity index (χ3n) is 9.49. The van der Waals surface area contributed by atoms with E-state index in [0.717, 1.165) is 6.42 Å². The lowest BCUT2D eigenvalue weighted by atomic mass is 9.87. The molecule has 9 aromatic rings. The second kappa shape index (κ2) is 15.1. The van der Waals surface area contributed by atoms with Crippen LogP contribution in [0.5, 0.6) is 0 Å². The first-order chi connectivity index (χ1) is 24.6. The van der Waals surface area contributed by atoms with Crippen LogP contribution in [0.15, 0.2) is 188 Å². The Labute approximate surface area is 296 Å². The molecule has 242 valence electrons. The molecule has 0 nitrogen and oxygen atoms in total. The Bertz CT molecular complexity index is 2450. The average Bonchev–Trinajstić information content (AvgIpc) is 3.18. The van der Waals surface area contributed by atoms with Gasteiger partial charge in [-0.05, 0) is 97.2 Å². The van der Waals surface area contributed by atoms with Crippen molar-refractivity contribution in [2.75, 3.05) is 0 Å². The summed E-state index contributed by atoms with van der Waals surface area (Å²) in [5.74, 6) is 0. The summed E-state index contributed by atoms with van der Waals surface area (Å²) in [7, 11) is 0. The van der Waals surface area contributed by atoms with Crippen LogP contribution in [0.2, 0.25) is 0 Å². The van der Waals surface area contributed by atoms with Crippen LogP contribution in [0.3, 0.4) is 0 Å². The van der Waals surface area contributed by atoms with Crippen molar-refractivity contribution < 1.29 is 0 Å². The van der Waals surface area contributed by atoms with E-state index in [2.05, 4.69) is 172 Å². The van der Waals surface area contributed by atoms with Gasteiger partial charge in [-0.25, -0.2) is 0 Å². The highest BCUT2D eigenvalue weighted by atomic mass is 14.2. The number of hydrogen-bond donors (Lipinski definition) is 0. The van der Waals surface area contributed by atoms with Gasteiger partial charge in [-0.15, -0.1) is 0 Å². The fourth-order valence-corrected chi connectivity index (χ4v) is 6.91. The van der Waals surface area contributed by atoms with Gasteiger partial charge in [-0.1, -0.05) is 200 Å². The molecule has 0 bridgehead atoms. The van der Waals surface area contributed by atoms with E-state index in [1.807, 2.05) is 36.4 Å². The highest BCUT2D eigenvalue weighted by molar-refractivity contribution is 6.26. The molecule has 0 radical (unpaired) electrons. The van der Waals surface area contributed by atoms with Crippen LogP contribution < -0.4 is 0 Å². The molecule has 0 atom stereocenters. The topological polar surface area (TPSA) is 0 Å². The standard InChI is InChI=1S/C36H26.2C7H8/c1-2-24-10-9-12-27(22-24)36-28-13-4-3-11-25(28)18-20-29(36)26-19-21-34-32-16-6-5-14-30(32)31-15-7-8-17-33(31)35(34)23-26;2*1-7-5-3-2-4-6-7/h3-23H,2H2,1H3;2*2-6H,1H3. The van der Waals surface area contributed by atoms with Crippen LogP contribution >= 0.6 is 0 Å². The second-order valence-electron chi connectivity index (χ2n) is 12.9. The van der Waals surface area contributed by atoms with Crippen molar-refractivity contribution in [2.24, 2.45) is 0 Å². The average molecular weight is 643 g/mol. The zero-order chi connectivity index (χ0) is 34.3. The van der Waals surface area contributed by atoms with Crippen molar-refractivity contribution in [3.63, 3.8) is 0 Å². The van der Waals surface area contributed by atoms with Crippen LogP contribution in [-0.4, -0.2) is 0 Å². The summed E-state index contributed by atoms with van der Waals surface area (Å²) in [6.07, 6.45) is 1.03. The molecule has 50 heavy (non-hydrogen) atoms. The summed E-state index contributed by atoms with van der Waals surface area (Å²) >= 11 is 0. The largest absolute Gasteiger partial charge is 0.0622 e. The summed E-state index contributed by atoms with van der Waals surface area (Å²) in [5.41, 5.74) is 9.14. The smallest absolute Gasteiger partial charge is 0.00267 e. The zero-order valence-corrected chi connectivity index (χ0v) is 29.1. The van der Waals surface area contributed by atoms with Gasteiger partial charge in [-0.2, -0.15) is 0 Å². The number of hydrogen-bond acceptors (Lipinski definition) is 0. The van der Waals surface area contributed by atoms with E-state index in [1.165, 1.54) is 82.0 Å². The first kappa shape index (κ1) is 32.6. The highest BCUT2D eigenvalue weighted by Crippen LogP contribution is 2.42. The minimum atomic E-state index is 1.03. The molecule has 0 fully saturated rings. The number of benzene rings is 9. The van der Waals surface area contributed by atoms with Gasteiger partial charge < -0.3 is 0 Å². The number of rotatable bonds is 3. The maximum absolute atomic E-state index is 2.40. The summed E-state index contributed by atoms with van der Waals surface area (Å²) in [6.45, 7) is 6.39. The first-order valence-electron chi connectivity index (χ1n) is 17.6. The molecule has 0 aliphatic carbocycles. The summed E-state index contributed by atoms with van der Waals surface area (Å²) < 4.78 is 0. The predicted octanol–water partition coefficient (Wildman–Crippen LogP) is 14.2. The molecule has 0 N–H and O–H groups in total. The Balaban J connectivity index is 0.000000233. The molecule has 0 saturated carbocycles. The SMILES string of the molecule is CCc1cccc(-c2c(-c3ccc4c5ccccc5c5ccccc5c4c3)ccc3ccccc23)c1.Cc1ccccc1.Cc1ccccc1. The Hall–Kier alpha value is -5.98. The van der Waals surface area contributed by atoms with E-state index >= 15 is 0 Å². The van der Waals surface area contributed by atoms with Crippen molar-refractivity contribution in [3.8, 4) is 22.3 Å². The van der Waals surface area contributed by atoms with Gasteiger partial charge >= 0.3 is 0 Å². The van der Waals surface area contributed by atoms with Crippen molar-refractivity contribution in [1.82, 2.24) is 0 Å². The van der Waals surface area contributed by atoms with Gasteiger partial charge in [0, 0.05) is 0 Å². The molecule has 0 spiro atoms. The normalized spacial score (nSPS) is 10.8. The highest BCUT2D eigenvalue weighted by Gasteiger charge is 2.15. The molecule has 0 heteroatoms. The fourth-order valence-electron chi connectivity index (χ4n) is 6.91. The second-order valence-corrected chi connectivity index (χ2v) is 12.9. The Morgan fingerprint density at radius 2 is 0.840 bits per heavy atom. The van der Waals surface area contributed by atoms with Gasteiger partial charge in [0.1, 0.15) is 0 Å². The predicted molar refractivity (Wildman–Crippen MR) is 219 cm³/mol. The number of fused-ring (bicyclic) bond motifs is 7. The molecule has 0 aliphatic rings. The van der Waals surface area contributed by atoms with Gasteiger partial charge in [0.05, 0.1) is 0 Å². The fraction of sp³-hybridized carbons (Fsp3) is 0.0800. The van der Waals surface area contributed by atoms with Crippen molar-refractivity contribution in [2.45, 2.75) is 27.2 Å². The van der Waals surface area contributed by atoms with Crippen LogP contribution in [0.4, 0.5) is 0 Å². The maximum atomic E-state index is 2.40. The minimum absolute atomic E-state index is 1.03. The van der Waals surface area contributed by atoms with E-state index in [-0.39, 0.29) is 0 Å². The lowest BCUT2D eigenvalue weighted by molar-refractivity contribution is 1.14. The molecule has 9 rings (SSSR count). The van der Waals surface area contributed by atoms with E-state index in [9.17, 15) is 0 Å². The Morgan fingerprint density at radius 3 is 1.38 bits per heavy atom. The molecule has 0 saturated heterocycles. The minimum Gasteiger partial charge on any atom is -0.0622 e. The van der Waals surface area contributed by atoms with Crippen LogP contribution in [0.1, 0.15) is 23.6 Å². The van der Waals surface area contributed by atoms with Gasteiger partial charge in [0.15, 0.2) is 0 Å². The molecule has 0 amide bonds. The van der Waals surface area contributed by atoms with E-state index in [0.29, 0.717) is 0 Å². The summed E-state index contributed by atoms with van der Waals surface area (Å²) in [6, 6.07) is 67.5. The van der Waals surface area contributed by atoms with E-state index in [1.54, 1.807) is 0 Å². The quantitative estimate of drug-likeness (QED) is 0.168. The molecule has 0 unspecified atom stereocenters. The molecule has 0 aliphatic heterocycles. The molecule has 9 aromatic carbocycles. The van der Waals surface area contributed by atoms with E-state index < -0.39 is 0 Å². The lowest BCUT2D eigenvalue weighted by Gasteiger charge is -2.17. The first-order valence-corrected chi connectivity index (χ1v) is 17.6. The van der Waals surface area contributed by atoms with E-state index in [4.69, 9.17) is 0 Å². The summed E-state index contributed by atoms with van der Waals surface area (Å²) in [5, 5.41) is 10.4. The molecular weight excluding hydrogens is 601 g/mol. The van der Waals surface area contributed by atoms with Crippen LogP contribution in [0, 0.1) is 13.8 Å². The monoisotopic (exact) mass is 642 g/mol. The van der Waals surface area contributed by atoms with Crippen LogP contribution in [0.25, 0.3) is 65.3 Å². The van der Waals surface area contributed by atoms with Crippen molar-refractivity contribution in [3.05, 3.63) is 205 Å². The lowest BCUT2D eigenvalue weighted by Crippen LogP contribution is -1.90. The zero-order valence-electron chi connectivity index (χ0n) is 29.1. The van der Waals surface area contributed by atoms with Gasteiger partial charge in [0.2, 0.25) is 0 Å². The van der Waals surface area contributed by atoms with Gasteiger partial charge in [-0.3, -0.25) is 0 Å². The van der Waals surface area contributed by atoms with Crippen molar-refractivity contribution in [1.29, 1.82) is 0 Å². The third kappa shape index (κ3) is 6.93. The van der Waals surface area contributed by atoms with Crippen LogP contribution in [-0.2, 0) is 6.42 Å². The van der Waals surface area contributed by atoms with Crippen molar-refractivity contribution >= 4 is 43.1 Å². The summed E-state index contributed by atoms with van der Waals surface area (Å²) in [4.78, 5) is 0.